The van der Waals surface area contributed by atoms with Gasteiger partial charge in [0.2, 0.25) is 0 Å². The molecule has 32 heavy (non-hydrogen) atoms. The van der Waals surface area contributed by atoms with Crippen molar-refractivity contribution in [3.63, 3.8) is 0 Å². The first kappa shape index (κ1) is 23.4. The lowest BCUT2D eigenvalue weighted by Gasteiger charge is -2.10. The number of aryl methyl sites for hydroxylation is 1. The Kier molecular flexibility index (Phi) is 7.96. The SMILES string of the molecule is Cc1cc(NC(=O)N/N=C/c2cc(Br)ccc2OCc2cccc([N+](=O)[O-])c2)ccc1Br. The molecule has 0 saturated heterocycles. The van der Waals surface area contributed by atoms with Gasteiger partial charge in [0, 0.05) is 32.3 Å². The van der Waals surface area contributed by atoms with Gasteiger partial charge in [-0.05, 0) is 54.4 Å². The number of halogens is 2. The van der Waals surface area contributed by atoms with Crippen molar-refractivity contribution in [3.8, 4) is 5.75 Å². The van der Waals surface area contributed by atoms with Crippen LogP contribution in [0.2, 0.25) is 0 Å². The van der Waals surface area contributed by atoms with Crippen LogP contribution in [0.25, 0.3) is 0 Å². The van der Waals surface area contributed by atoms with Gasteiger partial charge in [-0.25, -0.2) is 10.2 Å². The van der Waals surface area contributed by atoms with E-state index in [0.29, 0.717) is 22.6 Å². The van der Waals surface area contributed by atoms with Crippen LogP contribution in [0.4, 0.5) is 16.2 Å². The second-order valence-electron chi connectivity index (χ2n) is 6.69. The topological polar surface area (TPSA) is 106 Å². The minimum absolute atomic E-state index is 0.000118. The Bertz CT molecular complexity index is 1180. The minimum atomic E-state index is -0.489. The van der Waals surface area contributed by atoms with Crippen LogP contribution in [0, 0.1) is 17.0 Å². The standard InChI is InChI=1S/C22H18Br2N4O4/c1-14-9-18(6-7-20(14)24)26-22(29)27-25-12-16-11-17(23)5-8-21(16)32-13-15-3-2-4-19(10-15)28(30)31/h2-12H,13H2,1H3,(H2,26,27,29)/b25-12+. The number of anilines is 1. The van der Waals surface area contributed by atoms with Crippen molar-refractivity contribution in [1.29, 1.82) is 0 Å². The molecule has 0 aromatic heterocycles. The number of rotatable bonds is 7. The van der Waals surface area contributed by atoms with Crippen molar-refractivity contribution in [1.82, 2.24) is 5.43 Å². The Labute approximate surface area is 201 Å². The quantitative estimate of drug-likeness (QED) is 0.204. The van der Waals surface area contributed by atoms with Gasteiger partial charge in [-0.15, -0.1) is 0 Å². The molecule has 8 nitrogen and oxygen atoms in total. The van der Waals surface area contributed by atoms with Gasteiger partial charge in [-0.3, -0.25) is 10.1 Å². The van der Waals surface area contributed by atoms with E-state index in [1.807, 2.05) is 19.1 Å². The molecule has 0 aliphatic carbocycles. The Morgan fingerprint density at radius 2 is 1.97 bits per heavy atom. The minimum Gasteiger partial charge on any atom is -0.488 e. The number of hydrogen-bond donors (Lipinski definition) is 2. The molecule has 0 fully saturated rings. The average molecular weight is 562 g/mol. The van der Waals surface area contributed by atoms with Crippen LogP contribution in [-0.4, -0.2) is 17.2 Å². The monoisotopic (exact) mass is 560 g/mol. The lowest BCUT2D eigenvalue weighted by Crippen LogP contribution is -2.24. The van der Waals surface area contributed by atoms with Gasteiger partial charge in [-0.1, -0.05) is 44.0 Å². The molecule has 10 heteroatoms. The van der Waals surface area contributed by atoms with Gasteiger partial charge < -0.3 is 10.1 Å². The predicted octanol–water partition coefficient (Wildman–Crippen LogP) is 6.16. The molecule has 3 aromatic carbocycles. The molecule has 0 aliphatic heterocycles. The molecule has 164 valence electrons. The molecule has 2 N–H and O–H groups in total. The van der Waals surface area contributed by atoms with Crippen molar-refractivity contribution in [2.24, 2.45) is 5.10 Å². The lowest BCUT2D eigenvalue weighted by molar-refractivity contribution is -0.384. The van der Waals surface area contributed by atoms with Crippen molar-refractivity contribution in [3.05, 3.63) is 96.4 Å². The fraction of sp³-hybridized carbons (Fsp3) is 0.0909. The molecule has 0 saturated carbocycles. The maximum atomic E-state index is 12.1. The van der Waals surface area contributed by atoms with Crippen LogP contribution >= 0.6 is 31.9 Å². The highest BCUT2D eigenvalue weighted by Crippen LogP contribution is 2.24. The summed E-state index contributed by atoms with van der Waals surface area (Å²) in [5.41, 5.74) is 5.32. The van der Waals surface area contributed by atoms with Crippen LogP contribution in [0.5, 0.6) is 5.75 Å². The average Bonchev–Trinajstić information content (AvgIpc) is 2.76. The molecule has 0 bridgehead atoms. The number of carbonyl (C=O) groups excluding carboxylic acids is 1. The lowest BCUT2D eigenvalue weighted by atomic mass is 10.2. The molecule has 0 radical (unpaired) electrons. The zero-order chi connectivity index (χ0) is 23.1. The van der Waals surface area contributed by atoms with E-state index in [4.69, 9.17) is 4.74 Å². The van der Waals surface area contributed by atoms with E-state index < -0.39 is 11.0 Å². The second kappa shape index (κ2) is 10.9. The first-order valence-corrected chi connectivity index (χ1v) is 10.9. The van der Waals surface area contributed by atoms with Gasteiger partial charge in [0.25, 0.3) is 5.69 Å². The summed E-state index contributed by atoms with van der Waals surface area (Å²) in [6.45, 7) is 2.06. The van der Waals surface area contributed by atoms with Gasteiger partial charge in [-0.2, -0.15) is 5.10 Å². The van der Waals surface area contributed by atoms with Crippen molar-refractivity contribution in [2.45, 2.75) is 13.5 Å². The Morgan fingerprint density at radius 3 is 2.72 bits per heavy atom. The normalized spacial score (nSPS) is 10.7. The molecular weight excluding hydrogens is 544 g/mol. The molecular formula is C22H18Br2N4O4. The van der Waals surface area contributed by atoms with Crippen LogP contribution in [0.15, 0.2) is 74.7 Å². The van der Waals surface area contributed by atoms with Crippen LogP contribution in [0.1, 0.15) is 16.7 Å². The van der Waals surface area contributed by atoms with E-state index in [2.05, 4.69) is 47.7 Å². The number of hydrazone groups is 1. The summed E-state index contributed by atoms with van der Waals surface area (Å²) in [4.78, 5) is 22.6. The highest BCUT2D eigenvalue weighted by Gasteiger charge is 2.08. The summed E-state index contributed by atoms with van der Waals surface area (Å²) < 4.78 is 7.58. The Morgan fingerprint density at radius 1 is 1.16 bits per heavy atom. The number of carbonyl (C=O) groups is 1. The van der Waals surface area contributed by atoms with E-state index in [-0.39, 0.29) is 12.3 Å². The van der Waals surface area contributed by atoms with Crippen LogP contribution in [0.3, 0.4) is 0 Å². The number of nitrogens with zero attached hydrogens (tertiary/aromatic N) is 2. The number of nitro benzene ring substituents is 1. The second-order valence-corrected chi connectivity index (χ2v) is 8.46. The third-order valence-corrected chi connectivity index (χ3v) is 5.66. The molecule has 2 amide bonds. The molecule has 0 atom stereocenters. The van der Waals surface area contributed by atoms with Crippen molar-refractivity contribution in [2.75, 3.05) is 5.32 Å². The van der Waals surface area contributed by atoms with E-state index in [1.165, 1.54) is 18.3 Å². The van der Waals surface area contributed by atoms with Crippen molar-refractivity contribution < 1.29 is 14.5 Å². The number of nitro groups is 1. The fourth-order valence-electron chi connectivity index (χ4n) is 2.71. The maximum Gasteiger partial charge on any atom is 0.339 e. The number of hydrogen-bond acceptors (Lipinski definition) is 5. The summed E-state index contributed by atoms with van der Waals surface area (Å²) in [6.07, 6.45) is 1.46. The van der Waals surface area contributed by atoms with Crippen LogP contribution in [-0.2, 0) is 6.61 Å². The number of nitrogens with one attached hydrogen (secondary N) is 2. The molecule has 0 spiro atoms. The molecule has 0 unspecified atom stereocenters. The largest absolute Gasteiger partial charge is 0.488 e. The first-order valence-electron chi connectivity index (χ1n) is 9.34. The molecule has 0 aliphatic rings. The summed E-state index contributed by atoms with van der Waals surface area (Å²) in [7, 11) is 0. The fourth-order valence-corrected chi connectivity index (χ4v) is 3.34. The summed E-state index contributed by atoms with van der Waals surface area (Å²) in [5, 5.41) is 17.6. The zero-order valence-electron chi connectivity index (χ0n) is 16.8. The maximum absolute atomic E-state index is 12.1. The van der Waals surface area contributed by atoms with E-state index in [9.17, 15) is 14.9 Å². The molecule has 3 rings (SSSR count). The van der Waals surface area contributed by atoms with E-state index in [1.54, 1.807) is 36.4 Å². The highest BCUT2D eigenvalue weighted by atomic mass is 79.9. The number of benzene rings is 3. The molecule has 0 heterocycles. The Balaban J connectivity index is 1.64. The van der Waals surface area contributed by atoms with E-state index >= 15 is 0 Å². The number of urea groups is 1. The summed E-state index contributed by atoms with van der Waals surface area (Å²) >= 11 is 6.82. The summed E-state index contributed by atoms with van der Waals surface area (Å²) in [5.74, 6) is 0.509. The molecule has 3 aromatic rings. The van der Waals surface area contributed by atoms with Gasteiger partial charge >= 0.3 is 6.03 Å². The predicted molar refractivity (Wildman–Crippen MR) is 130 cm³/mol. The third kappa shape index (κ3) is 6.63. The van der Waals surface area contributed by atoms with E-state index in [0.717, 1.165) is 14.5 Å². The number of amides is 2. The van der Waals surface area contributed by atoms with Crippen molar-refractivity contribution >= 4 is 55.5 Å². The number of ether oxygens (including phenoxy) is 1. The summed E-state index contributed by atoms with van der Waals surface area (Å²) in [6, 6.07) is 16.5. The Hall–Kier alpha value is -3.24. The number of non-ortho nitro benzene ring substituents is 1. The highest BCUT2D eigenvalue weighted by molar-refractivity contribution is 9.10. The third-order valence-electron chi connectivity index (χ3n) is 4.27. The zero-order valence-corrected chi connectivity index (χ0v) is 20.0. The van der Waals surface area contributed by atoms with Crippen LogP contribution < -0.4 is 15.5 Å². The van der Waals surface area contributed by atoms with Gasteiger partial charge in [0.15, 0.2) is 0 Å². The van der Waals surface area contributed by atoms with Gasteiger partial charge in [0.1, 0.15) is 12.4 Å². The smallest absolute Gasteiger partial charge is 0.339 e. The first-order chi connectivity index (χ1) is 15.3. The van der Waals surface area contributed by atoms with Gasteiger partial charge in [0.05, 0.1) is 11.1 Å².